The summed E-state index contributed by atoms with van der Waals surface area (Å²) < 4.78 is 5.81. The molecule has 2 aromatic carbocycles. The number of nitrogens with one attached hydrogen (secondary N) is 1. The fourth-order valence-electron chi connectivity index (χ4n) is 3.15. The second kappa shape index (κ2) is 7.18. The fourth-order valence-corrected chi connectivity index (χ4v) is 3.34. The van der Waals surface area contributed by atoms with Crippen molar-refractivity contribution in [1.29, 1.82) is 0 Å². The summed E-state index contributed by atoms with van der Waals surface area (Å²) in [7, 11) is 0. The zero-order valence-corrected chi connectivity index (χ0v) is 14.7. The van der Waals surface area contributed by atoms with Gasteiger partial charge in [-0.25, -0.2) is 0 Å². The van der Waals surface area contributed by atoms with Gasteiger partial charge in [-0.2, -0.15) is 0 Å². The molecule has 4 rings (SSSR count). The first-order valence-electron chi connectivity index (χ1n) is 8.41. The Morgan fingerprint density at radius 2 is 1.92 bits per heavy atom. The van der Waals surface area contributed by atoms with Crippen molar-refractivity contribution in [2.24, 2.45) is 0 Å². The molecule has 0 fully saturated rings. The van der Waals surface area contributed by atoms with Gasteiger partial charge in [0.05, 0.1) is 6.04 Å². The Morgan fingerprint density at radius 1 is 1.12 bits per heavy atom. The van der Waals surface area contributed by atoms with Gasteiger partial charge in [-0.15, -0.1) is 0 Å². The maximum Gasteiger partial charge on any atom is 0.262 e. The average Bonchev–Trinajstić information content (AvgIpc) is 3.10. The number of hydrogen-bond donors (Lipinski definition) is 1. The molecule has 0 unspecified atom stereocenters. The summed E-state index contributed by atoms with van der Waals surface area (Å²) in [6, 6.07) is 18.8. The van der Waals surface area contributed by atoms with Crippen LogP contribution < -0.4 is 10.1 Å². The molecule has 0 aliphatic carbocycles. The first kappa shape index (κ1) is 16.6. The molecule has 0 bridgehead atoms. The summed E-state index contributed by atoms with van der Waals surface area (Å²) in [4.78, 5) is 17.0. The van der Waals surface area contributed by atoms with Crippen LogP contribution in [0.2, 0.25) is 5.02 Å². The van der Waals surface area contributed by atoms with E-state index in [1.165, 1.54) is 0 Å². The van der Waals surface area contributed by atoms with Crippen LogP contribution in [0.3, 0.4) is 0 Å². The zero-order chi connectivity index (χ0) is 17.9. The summed E-state index contributed by atoms with van der Waals surface area (Å²) >= 11 is 6.03. The van der Waals surface area contributed by atoms with Crippen LogP contribution in [0, 0.1) is 0 Å². The van der Waals surface area contributed by atoms with Crippen molar-refractivity contribution in [3.63, 3.8) is 0 Å². The Kier molecular flexibility index (Phi) is 4.59. The number of hydrogen-bond acceptors (Lipinski definition) is 3. The molecule has 3 aromatic rings. The molecule has 1 amide bonds. The van der Waals surface area contributed by atoms with E-state index in [0.29, 0.717) is 17.2 Å². The van der Waals surface area contributed by atoms with Crippen molar-refractivity contribution in [2.45, 2.75) is 18.6 Å². The normalized spacial score (nSPS) is 16.4. The lowest BCUT2D eigenvalue weighted by Crippen LogP contribution is -2.40. The Balaban J connectivity index is 1.56. The van der Waals surface area contributed by atoms with Gasteiger partial charge in [-0.05, 0) is 41.0 Å². The second-order valence-corrected chi connectivity index (χ2v) is 6.64. The van der Waals surface area contributed by atoms with Crippen molar-refractivity contribution in [2.75, 3.05) is 0 Å². The molecule has 2 atom stereocenters. The number of carbonyl (C=O) groups excluding carboxylic acids is 1. The van der Waals surface area contributed by atoms with E-state index in [9.17, 15) is 4.79 Å². The third-order valence-electron chi connectivity index (χ3n) is 4.43. The molecule has 0 saturated carbocycles. The Hall–Kier alpha value is -2.85. The van der Waals surface area contributed by atoms with Gasteiger partial charge in [0.15, 0.2) is 6.10 Å². The van der Waals surface area contributed by atoms with Crippen molar-refractivity contribution in [3.05, 3.63) is 94.8 Å². The molecule has 130 valence electrons. The number of fused-ring (bicyclic) bond motifs is 1. The van der Waals surface area contributed by atoms with Crippen LogP contribution in [0.4, 0.5) is 0 Å². The van der Waals surface area contributed by atoms with Gasteiger partial charge in [0.25, 0.3) is 5.91 Å². The van der Waals surface area contributed by atoms with Crippen LogP contribution in [-0.2, 0) is 11.2 Å². The number of rotatable bonds is 4. The van der Waals surface area contributed by atoms with Crippen LogP contribution in [0.5, 0.6) is 5.75 Å². The van der Waals surface area contributed by atoms with Crippen LogP contribution in [0.1, 0.15) is 22.7 Å². The molecule has 5 heteroatoms. The summed E-state index contributed by atoms with van der Waals surface area (Å²) in [5.74, 6) is 0.558. The molecule has 0 saturated heterocycles. The molecule has 2 heterocycles. The van der Waals surface area contributed by atoms with E-state index >= 15 is 0 Å². The minimum absolute atomic E-state index is 0.157. The Bertz CT molecular complexity index is 876. The number of pyridine rings is 1. The lowest BCUT2D eigenvalue weighted by molar-refractivity contribution is -0.127. The minimum Gasteiger partial charge on any atom is -0.480 e. The highest BCUT2D eigenvalue weighted by molar-refractivity contribution is 6.30. The fraction of sp³-hybridized carbons (Fsp3) is 0.143. The van der Waals surface area contributed by atoms with Gasteiger partial charge in [-0.1, -0.05) is 48.0 Å². The van der Waals surface area contributed by atoms with Crippen LogP contribution >= 0.6 is 11.6 Å². The van der Waals surface area contributed by atoms with Crippen molar-refractivity contribution in [1.82, 2.24) is 10.3 Å². The van der Waals surface area contributed by atoms with E-state index in [-0.39, 0.29) is 11.9 Å². The molecule has 0 radical (unpaired) electrons. The first-order chi connectivity index (χ1) is 12.7. The number of nitrogens with zero attached hydrogens (tertiary/aromatic N) is 1. The van der Waals surface area contributed by atoms with Crippen LogP contribution in [0.15, 0.2) is 73.1 Å². The van der Waals surface area contributed by atoms with E-state index in [0.717, 1.165) is 16.7 Å². The lowest BCUT2D eigenvalue weighted by Gasteiger charge is -2.21. The molecule has 1 N–H and O–H groups in total. The number of benzene rings is 2. The average molecular weight is 365 g/mol. The number of halogens is 1. The first-order valence-corrected chi connectivity index (χ1v) is 8.79. The smallest absolute Gasteiger partial charge is 0.262 e. The molecule has 0 spiro atoms. The van der Waals surface area contributed by atoms with Crippen LogP contribution in [0.25, 0.3) is 0 Å². The van der Waals surface area contributed by atoms with Gasteiger partial charge in [0, 0.05) is 23.8 Å². The minimum atomic E-state index is -0.564. The SMILES string of the molecule is O=C(N[C@@H](c1ccccc1)c1cccnc1)[C@H]1Cc2cc(Cl)ccc2O1. The highest BCUT2D eigenvalue weighted by Gasteiger charge is 2.31. The number of amides is 1. The van der Waals surface area contributed by atoms with Gasteiger partial charge in [0.1, 0.15) is 5.75 Å². The summed E-state index contributed by atoms with van der Waals surface area (Å²) in [6.45, 7) is 0. The monoisotopic (exact) mass is 364 g/mol. The molecule has 4 nitrogen and oxygen atoms in total. The van der Waals surface area contributed by atoms with Gasteiger partial charge >= 0.3 is 0 Å². The highest BCUT2D eigenvalue weighted by atomic mass is 35.5. The third kappa shape index (κ3) is 3.41. The maximum absolute atomic E-state index is 12.9. The molecule has 1 aliphatic heterocycles. The summed E-state index contributed by atoms with van der Waals surface area (Å²) in [6.07, 6.45) is 3.43. The largest absolute Gasteiger partial charge is 0.480 e. The van der Waals surface area contributed by atoms with Crippen LogP contribution in [-0.4, -0.2) is 17.0 Å². The number of carbonyl (C=O) groups is 1. The van der Waals surface area contributed by atoms with E-state index in [2.05, 4.69) is 10.3 Å². The van der Waals surface area contributed by atoms with Gasteiger partial charge < -0.3 is 10.1 Å². The second-order valence-electron chi connectivity index (χ2n) is 6.20. The molecule has 26 heavy (non-hydrogen) atoms. The van der Waals surface area contributed by atoms with E-state index in [1.807, 2.05) is 48.5 Å². The Morgan fingerprint density at radius 3 is 2.69 bits per heavy atom. The molecular weight excluding hydrogens is 348 g/mol. The van der Waals surface area contributed by atoms with Gasteiger partial charge in [0.2, 0.25) is 0 Å². The van der Waals surface area contributed by atoms with E-state index in [4.69, 9.17) is 16.3 Å². The highest BCUT2D eigenvalue weighted by Crippen LogP contribution is 2.31. The lowest BCUT2D eigenvalue weighted by atomic mass is 9.99. The predicted octanol–water partition coefficient (Wildman–Crippen LogP) is 3.94. The van der Waals surface area contributed by atoms with E-state index < -0.39 is 6.10 Å². The zero-order valence-electron chi connectivity index (χ0n) is 13.9. The topological polar surface area (TPSA) is 51.2 Å². The maximum atomic E-state index is 12.9. The molecular formula is C21H17ClN2O2. The van der Waals surface area contributed by atoms with E-state index in [1.54, 1.807) is 24.5 Å². The van der Waals surface area contributed by atoms with Crippen molar-refractivity contribution < 1.29 is 9.53 Å². The third-order valence-corrected chi connectivity index (χ3v) is 4.66. The summed E-state index contributed by atoms with van der Waals surface area (Å²) in [5, 5.41) is 3.75. The summed E-state index contributed by atoms with van der Waals surface area (Å²) in [5.41, 5.74) is 2.87. The van der Waals surface area contributed by atoms with Crippen molar-refractivity contribution >= 4 is 17.5 Å². The predicted molar refractivity (Wildman–Crippen MR) is 100 cm³/mol. The quantitative estimate of drug-likeness (QED) is 0.762. The van der Waals surface area contributed by atoms with Crippen molar-refractivity contribution in [3.8, 4) is 5.75 Å². The van der Waals surface area contributed by atoms with Gasteiger partial charge in [-0.3, -0.25) is 9.78 Å². The molecule has 1 aromatic heterocycles. The molecule has 1 aliphatic rings. The number of aromatic nitrogens is 1. The standard InChI is InChI=1S/C21H17ClN2O2/c22-17-8-9-18-16(11-17)12-19(26-18)21(25)24-20(14-5-2-1-3-6-14)15-7-4-10-23-13-15/h1-11,13,19-20H,12H2,(H,24,25)/t19-,20+/m1/s1. The number of ether oxygens (including phenoxy) is 1. The Labute approximate surface area is 156 Å².